The maximum Gasteiger partial charge on any atom is 0.0503 e. The molecule has 0 spiro atoms. The largest absolute Gasteiger partial charge is 0.384 e. The lowest BCUT2D eigenvalue weighted by atomic mass is 10.1. The van der Waals surface area contributed by atoms with Crippen molar-refractivity contribution >= 4 is 21.4 Å². The van der Waals surface area contributed by atoms with Gasteiger partial charge >= 0.3 is 0 Å². The number of benzene rings is 1. The van der Waals surface area contributed by atoms with Crippen LogP contribution in [0.2, 0.25) is 0 Å². The van der Waals surface area contributed by atoms with Gasteiger partial charge in [0.2, 0.25) is 0 Å². The average Bonchev–Trinajstić information content (AvgIpc) is 3.06. The van der Waals surface area contributed by atoms with E-state index in [1.54, 1.807) is 7.11 Å². The average molecular weight is 304 g/mol. The molecular formula is C17H24N2OS. The number of likely N-dealkylation sites (tertiary alicyclic amines) is 1. The van der Waals surface area contributed by atoms with Crippen LogP contribution in [0, 0.1) is 5.92 Å². The Morgan fingerprint density at radius 2 is 2.24 bits per heavy atom. The van der Waals surface area contributed by atoms with Crippen LogP contribution in [0.5, 0.6) is 0 Å². The van der Waals surface area contributed by atoms with Gasteiger partial charge in [0.05, 0.1) is 6.61 Å². The summed E-state index contributed by atoms with van der Waals surface area (Å²) in [6.07, 6.45) is 1.26. The number of rotatable bonds is 6. The summed E-state index contributed by atoms with van der Waals surface area (Å²) in [4.78, 5) is 4.06. The zero-order valence-corrected chi connectivity index (χ0v) is 13.7. The van der Waals surface area contributed by atoms with E-state index < -0.39 is 0 Å². The quantitative estimate of drug-likeness (QED) is 0.887. The molecule has 1 saturated heterocycles. The lowest BCUT2D eigenvalue weighted by molar-refractivity contribution is 0.152. The first kappa shape index (κ1) is 15.0. The van der Waals surface area contributed by atoms with Crippen LogP contribution in [0.1, 0.15) is 16.9 Å². The maximum atomic E-state index is 5.31. The zero-order chi connectivity index (χ0) is 14.7. The predicted molar refractivity (Wildman–Crippen MR) is 89.8 cm³/mol. The first-order valence-corrected chi connectivity index (χ1v) is 8.48. The summed E-state index contributed by atoms with van der Waals surface area (Å²) in [7, 11) is 3.83. The molecule has 1 N–H and O–H groups in total. The van der Waals surface area contributed by atoms with Crippen molar-refractivity contribution < 1.29 is 4.74 Å². The van der Waals surface area contributed by atoms with Gasteiger partial charge in [0.15, 0.2) is 0 Å². The van der Waals surface area contributed by atoms with Crippen LogP contribution in [-0.4, -0.2) is 38.8 Å². The highest BCUT2D eigenvalue weighted by molar-refractivity contribution is 7.19. The fourth-order valence-electron chi connectivity index (χ4n) is 3.28. The Hall–Kier alpha value is -0.940. The van der Waals surface area contributed by atoms with E-state index in [0.29, 0.717) is 5.92 Å². The molecule has 0 bridgehead atoms. The second-order valence-electron chi connectivity index (χ2n) is 5.88. The Morgan fingerprint density at radius 3 is 3.05 bits per heavy atom. The van der Waals surface area contributed by atoms with Crippen LogP contribution < -0.4 is 5.32 Å². The molecule has 0 saturated carbocycles. The molecule has 1 unspecified atom stereocenters. The molecule has 0 radical (unpaired) electrons. The molecule has 1 aliphatic heterocycles. The van der Waals surface area contributed by atoms with Gasteiger partial charge in [-0.05, 0) is 42.9 Å². The number of ether oxygens (including phenoxy) is 1. The monoisotopic (exact) mass is 304 g/mol. The predicted octanol–water partition coefficient (Wildman–Crippen LogP) is 3.09. The molecule has 2 heterocycles. The molecule has 2 aromatic rings. The Balaban J connectivity index is 1.81. The van der Waals surface area contributed by atoms with Gasteiger partial charge in [-0.3, -0.25) is 4.90 Å². The third-order valence-corrected chi connectivity index (χ3v) is 5.49. The SMILES string of the molecule is CNCc1sc2ccccc2c1CN1CCC(COC)C1. The summed E-state index contributed by atoms with van der Waals surface area (Å²) in [5.41, 5.74) is 1.52. The first-order chi connectivity index (χ1) is 10.3. The van der Waals surface area contributed by atoms with Gasteiger partial charge in [0, 0.05) is 36.3 Å². The Labute approximate surface area is 130 Å². The van der Waals surface area contributed by atoms with E-state index in [-0.39, 0.29) is 0 Å². The first-order valence-electron chi connectivity index (χ1n) is 7.67. The van der Waals surface area contributed by atoms with E-state index in [9.17, 15) is 0 Å². The number of nitrogens with zero attached hydrogens (tertiary/aromatic N) is 1. The van der Waals surface area contributed by atoms with Crippen molar-refractivity contribution in [2.75, 3.05) is 33.9 Å². The molecular weight excluding hydrogens is 280 g/mol. The van der Waals surface area contributed by atoms with Gasteiger partial charge in [-0.2, -0.15) is 0 Å². The van der Waals surface area contributed by atoms with Crippen LogP contribution in [0.3, 0.4) is 0 Å². The molecule has 1 aromatic heterocycles. The summed E-state index contributed by atoms with van der Waals surface area (Å²) < 4.78 is 6.71. The van der Waals surface area contributed by atoms with Gasteiger partial charge in [0.1, 0.15) is 0 Å². The maximum absolute atomic E-state index is 5.31. The highest BCUT2D eigenvalue weighted by Gasteiger charge is 2.24. The number of thiophene rings is 1. The molecule has 21 heavy (non-hydrogen) atoms. The van der Waals surface area contributed by atoms with Crippen LogP contribution >= 0.6 is 11.3 Å². The molecule has 3 rings (SSSR count). The molecule has 1 aromatic carbocycles. The number of hydrogen-bond donors (Lipinski definition) is 1. The van der Waals surface area contributed by atoms with Gasteiger partial charge < -0.3 is 10.1 Å². The third-order valence-electron chi connectivity index (χ3n) is 4.27. The second-order valence-corrected chi connectivity index (χ2v) is 7.01. The van der Waals surface area contributed by atoms with Crippen molar-refractivity contribution in [3.63, 3.8) is 0 Å². The molecule has 0 amide bonds. The van der Waals surface area contributed by atoms with Crippen LogP contribution in [0.25, 0.3) is 10.1 Å². The molecule has 0 aliphatic carbocycles. The van der Waals surface area contributed by atoms with Crippen LogP contribution in [-0.2, 0) is 17.8 Å². The van der Waals surface area contributed by atoms with E-state index in [1.807, 2.05) is 18.4 Å². The van der Waals surface area contributed by atoms with E-state index in [4.69, 9.17) is 4.74 Å². The van der Waals surface area contributed by atoms with Crippen molar-refractivity contribution in [1.82, 2.24) is 10.2 Å². The van der Waals surface area contributed by atoms with Crippen LogP contribution in [0.15, 0.2) is 24.3 Å². The molecule has 114 valence electrons. The highest BCUT2D eigenvalue weighted by Crippen LogP contribution is 2.33. The summed E-state index contributed by atoms with van der Waals surface area (Å²) in [5, 5.41) is 4.74. The van der Waals surface area contributed by atoms with Gasteiger partial charge in [-0.25, -0.2) is 0 Å². The normalized spacial score (nSPS) is 19.6. The van der Waals surface area contributed by atoms with E-state index in [1.165, 1.54) is 33.5 Å². The highest BCUT2D eigenvalue weighted by atomic mass is 32.1. The molecule has 1 aliphatic rings. The van der Waals surface area contributed by atoms with Gasteiger partial charge in [-0.15, -0.1) is 11.3 Å². The second kappa shape index (κ2) is 6.88. The van der Waals surface area contributed by atoms with Crippen molar-refractivity contribution in [3.8, 4) is 0 Å². The molecule has 3 nitrogen and oxygen atoms in total. The number of nitrogens with one attached hydrogen (secondary N) is 1. The molecule has 4 heteroatoms. The summed E-state index contributed by atoms with van der Waals surface area (Å²) in [6, 6.07) is 8.79. The summed E-state index contributed by atoms with van der Waals surface area (Å²) in [5.74, 6) is 0.702. The number of hydrogen-bond acceptors (Lipinski definition) is 4. The lowest BCUT2D eigenvalue weighted by Gasteiger charge is -2.17. The smallest absolute Gasteiger partial charge is 0.0503 e. The minimum absolute atomic E-state index is 0.702. The fourth-order valence-corrected chi connectivity index (χ4v) is 4.51. The summed E-state index contributed by atoms with van der Waals surface area (Å²) in [6.45, 7) is 5.28. The Morgan fingerprint density at radius 1 is 1.38 bits per heavy atom. The zero-order valence-electron chi connectivity index (χ0n) is 12.9. The minimum atomic E-state index is 0.702. The van der Waals surface area contributed by atoms with Gasteiger partial charge in [-0.1, -0.05) is 18.2 Å². The molecule has 1 atom stereocenters. The lowest BCUT2D eigenvalue weighted by Crippen LogP contribution is -2.22. The van der Waals surface area contributed by atoms with Crippen molar-refractivity contribution in [3.05, 3.63) is 34.7 Å². The Kier molecular flexibility index (Phi) is 4.91. The summed E-state index contributed by atoms with van der Waals surface area (Å²) >= 11 is 1.93. The van der Waals surface area contributed by atoms with Crippen molar-refractivity contribution in [2.24, 2.45) is 5.92 Å². The Bertz CT molecular complexity index is 595. The molecule has 1 fully saturated rings. The number of methoxy groups -OCH3 is 1. The topological polar surface area (TPSA) is 24.5 Å². The van der Waals surface area contributed by atoms with Gasteiger partial charge in [0.25, 0.3) is 0 Å². The van der Waals surface area contributed by atoms with E-state index in [2.05, 4.69) is 34.5 Å². The van der Waals surface area contributed by atoms with Crippen molar-refractivity contribution in [2.45, 2.75) is 19.5 Å². The van der Waals surface area contributed by atoms with Crippen LogP contribution in [0.4, 0.5) is 0 Å². The fraction of sp³-hybridized carbons (Fsp3) is 0.529. The third kappa shape index (κ3) is 3.29. The minimum Gasteiger partial charge on any atom is -0.384 e. The van der Waals surface area contributed by atoms with Crippen molar-refractivity contribution in [1.29, 1.82) is 0 Å². The van der Waals surface area contributed by atoms with E-state index >= 15 is 0 Å². The van der Waals surface area contributed by atoms with E-state index in [0.717, 1.165) is 26.2 Å². The number of fused-ring (bicyclic) bond motifs is 1. The standard InChI is InChI=1S/C17H24N2OS/c1-18-9-17-15(14-5-3-4-6-16(14)21-17)11-19-8-7-13(10-19)12-20-2/h3-6,13,18H,7-12H2,1-2H3.